The Kier molecular flexibility index (Phi) is 9.46. The number of fused-ring (bicyclic) bond motifs is 1. The van der Waals surface area contributed by atoms with Gasteiger partial charge in [0.1, 0.15) is 30.4 Å². The Hall–Kier alpha value is -1.76. The number of hydrogen-bond donors (Lipinski definition) is 1. The van der Waals surface area contributed by atoms with Crippen molar-refractivity contribution in [2.45, 2.75) is 75.7 Å². The van der Waals surface area contributed by atoms with Crippen LogP contribution in [0.1, 0.15) is 39.7 Å². The number of aliphatic carboxylic acids is 1. The zero-order valence-electron chi connectivity index (χ0n) is 23.4. The predicted octanol–water partition coefficient (Wildman–Crippen LogP) is 7.19. The second-order valence-corrected chi connectivity index (χ2v) is 20.1. The van der Waals surface area contributed by atoms with E-state index in [2.05, 4.69) is 35.6 Å². The number of nitrogens with zero attached hydrogens (tertiary/aromatic N) is 2. The average molecular weight is 648 g/mol. The number of carbonyl (C=O) groups is 2. The van der Waals surface area contributed by atoms with Crippen LogP contribution in [0.4, 0.5) is 13.6 Å². The molecule has 1 aliphatic heterocycles. The third-order valence-electron chi connectivity index (χ3n) is 6.56. The molecule has 12 heteroatoms. The number of amidine groups is 1. The molecule has 1 N–H and O–H groups in total. The molecule has 7 nitrogen and oxygen atoms in total. The standard InChI is InChI=1S/C27H37BrF2N2O5SSi/c1-17(22(33)34)13-26-14-21(26)27(15-29,19-12-18(28)8-9-20(19)30)31-23(38-26)32(24(35)37-25(2,3)4)16-36-10-11-39(5,6)7/h8-9,12-13,21H,10-11,14-16H2,1-7H3,(H,33,34)/t21-,26+,27-/m1/s1. The van der Waals surface area contributed by atoms with E-state index < -0.39 is 54.4 Å². The highest BCUT2D eigenvalue weighted by Crippen LogP contribution is 2.68. The summed E-state index contributed by atoms with van der Waals surface area (Å²) in [7, 11) is -1.42. The molecule has 3 rings (SSSR count). The van der Waals surface area contributed by atoms with Crippen molar-refractivity contribution in [3.05, 3.63) is 45.7 Å². The molecule has 1 heterocycles. The summed E-state index contributed by atoms with van der Waals surface area (Å²) >= 11 is 4.51. The number of aliphatic imine (C=N–C) groups is 1. The summed E-state index contributed by atoms with van der Waals surface area (Å²) in [4.78, 5) is 31.1. The number of ether oxygens (including phenoxy) is 2. The first kappa shape index (κ1) is 31.8. The van der Waals surface area contributed by atoms with Crippen molar-refractivity contribution < 1.29 is 33.0 Å². The molecule has 0 aromatic heterocycles. The molecule has 0 bridgehead atoms. The summed E-state index contributed by atoms with van der Waals surface area (Å²) < 4.78 is 41.7. The summed E-state index contributed by atoms with van der Waals surface area (Å²) in [6, 6.07) is 5.10. The highest BCUT2D eigenvalue weighted by atomic mass is 79.9. The minimum Gasteiger partial charge on any atom is -0.478 e. The van der Waals surface area contributed by atoms with Crippen LogP contribution in [0.25, 0.3) is 0 Å². The van der Waals surface area contributed by atoms with Crippen molar-refractivity contribution >= 4 is 53.0 Å². The van der Waals surface area contributed by atoms with Gasteiger partial charge < -0.3 is 14.6 Å². The summed E-state index contributed by atoms with van der Waals surface area (Å²) in [6.45, 7) is 12.4. The second kappa shape index (κ2) is 11.6. The van der Waals surface area contributed by atoms with Gasteiger partial charge in [0, 0.05) is 41.0 Å². The van der Waals surface area contributed by atoms with Crippen LogP contribution in [0.2, 0.25) is 25.7 Å². The molecule has 1 aromatic rings. The van der Waals surface area contributed by atoms with Crippen molar-refractivity contribution in [2.24, 2.45) is 10.9 Å². The first-order chi connectivity index (χ1) is 17.9. The van der Waals surface area contributed by atoms with E-state index in [1.54, 1.807) is 26.8 Å². The van der Waals surface area contributed by atoms with Gasteiger partial charge in [-0.05, 0) is 58.4 Å². The van der Waals surface area contributed by atoms with Crippen molar-refractivity contribution in [3.63, 3.8) is 0 Å². The van der Waals surface area contributed by atoms with E-state index in [1.807, 2.05) is 0 Å². The number of hydrogen-bond acceptors (Lipinski definition) is 6. The van der Waals surface area contributed by atoms with Gasteiger partial charge in [-0.15, -0.1) is 0 Å². The van der Waals surface area contributed by atoms with Crippen LogP contribution in [0, 0.1) is 11.7 Å². The number of benzene rings is 1. The average Bonchev–Trinajstić information content (AvgIpc) is 3.52. The van der Waals surface area contributed by atoms with Crippen molar-refractivity contribution in [1.29, 1.82) is 0 Å². The van der Waals surface area contributed by atoms with E-state index in [9.17, 15) is 14.7 Å². The zero-order valence-corrected chi connectivity index (χ0v) is 26.8. The fourth-order valence-electron chi connectivity index (χ4n) is 4.43. The normalized spacial score (nSPS) is 25.0. The van der Waals surface area contributed by atoms with Crippen LogP contribution in [-0.2, 0) is 19.8 Å². The van der Waals surface area contributed by atoms with Gasteiger partial charge in [0.15, 0.2) is 5.17 Å². The molecular weight excluding hydrogens is 610 g/mol. The van der Waals surface area contributed by atoms with E-state index in [-0.39, 0.29) is 23.0 Å². The van der Waals surface area contributed by atoms with E-state index in [0.29, 0.717) is 17.5 Å². The highest BCUT2D eigenvalue weighted by molar-refractivity contribution is 9.10. The molecule has 3 atom stereocenters. The number of rotatable bonds is 9. The lowest BCUT2D eigenvalue weighted by molar-refractivity contribution is -0.132. The zero-order chi connectivity index (χ0) is 29.4. The molecule has 0 unspecified atom stereocenters. The van der Waals surface area contributed by atoms with Crippen LogP contribution in [0.3, 0.4) is 0 Å². The molecule has 0 saturated heterocycles. The van der Waals surface area contributed by atoms with E-state index in [0.717, 1.165) is 6.04 Å². The third-order valence-corrected chi connectivity index (χ3v) is 10.2. The van der Waals surface area contributed by atoms with Gasteiger partial charge in [-0.1, -0.05) is 53.4 Å². The Morgan fingerprint density at radius 2 is 2.00 bits per heavy atom. The van der Waals surface area contributed by atoms with Crippen molar-refractivity contribution in [3.8, 4) is 0 Å². The Balaban J connectivity index is 2.14. The number of halogens is 3. The van der Waals surface area contributed by atoms with Crippen molar-refractivity contribution in [1.82, 2.24) is 4.90 Å². The summed E-state index contributed by atoms with van der Waals surface area (Å²) in [5, 5.41) is 9.68. The minimum atomic E-state index is -1.68. The minimum absolute atomic E-state index is 0.0363. The number of carbonyl (C=O) groups excluding carboxylic acids is 1. The van der Waals surface area contributed by atoms with Gasteiger partial charge in [-0.2, -0.15) is 0 Å². The van der Waals surface area contributed by atoms with Crippen LogP contribution < -0.4 is 0 Å². The Morgan fingerprint density at radius 3 is 2.56 bits per heavy atom. The second-order valence-electron chi connectivity index (χ2n) is 12.3. The molecular formula is C27H37BrF2N2O5SSi. The SMILES string of the molecule is CC(=C[C@]12C[C@H]1[C@@](CF)(c1cc(Br)ccc1F)N=C(N(COCC[Si](C)(C)C)C(=O)OC(C)(C)C)S2)C(=O)O. The van der Waals surface area contributed by atoms with Gasteiger partial charge in [-0.25, -0.2) is 28.3 Å². The molecule has 216 valence electrons. The van der Waals surface area contributed by atoms with Crippen LogP contribution in [-0.4, -0.2) is 65.7 Å². The molecule has 1 fully saturated rings. The van der Waals surface area contributed by atoms with Gasteiger partial charge in [0.2, 0.25) is 0 Å². The monoisotopic (exact) mass is 646 g/mol. The van der Waals surface area contributed by atoms with E-state index in [1.165, 1.54) is 41.8 Å². The topological polar surface area (TPSA) is 88.4 Å². The van der Waals surface area contributed by atoms with Gasteiger partial charge in [0.25, 0.3) is 0 Å². The van der Waals surface area contributed by atoms with E-state index >= 15 is 8.78 Å². The quantitative estimate of drug-likeness (QED) is 0.132. The molecule has 1 aromatic carbocycles. The lowest BCUT2D eigenvalue weighted by Crippen LogP contribution is -2.47. The number of carboxylic acids is 1. The van der Waals surface area contributed by atoms with Gasteiger partial charge >= 0.3 is 12.1 Å². The maximum Gasteiger partial charge on any atom is 0.418 e. The number of amides is 1. The highest BCUT2D eigenvalue weighted by Gasteiger charge is 2.68. The molecule has 1 amide bonds. The molecule has 0 spiro atoms. The first-order valence-electron chi connectivity index (χ1n) is 12.7. The van der Waals surface area contributed by atoms with E-state index in [4.69, 9.17) is 14.5 Å². The lowest BCUT2D eigenvalue weighted by atomic mass is 9.84. The Morgan fingerprint density at radius 1 is 1.33 bits per heavy atom. The Bertz CT molecular complexity index is 1190. The van der Waals surface area contributed by atoms with Crippen LogP contribution in [0.5, 0.6) is 0 Å². The smallest absolute Gasteiger partial charge is 0.418 e. The summed E-state index contributed by atoms with van der Waals surface area (Å²) in [5.41, 5.74) is -2.40. The molecule has 0 radical (unpaired) electrons. The predicted molar refractivity (Wildman–Crippen MR) is 156 cm³/mol. The van der Waals surface area contributed by atoms with Crippen LogP contribution >= 0.6 is 27.7 Å². The molecule has 1 saturated carbocycles. The maximum atomic E-state index is 15.3. The number of carboxylic acid groups (broad SMARTS) is 1. The molecule has 2 aliphatic rings. The lowest BCUT2D eigenvalue weighted by Gasteiger charge is -2.38. The fourth-order valence-corrected chi connectivity index (χ4v) is 7.16. The van der Waals surface area contributed by atoms with Gasteiger partial charge in [-0.3, -0.25) is 0 Å². The van der Waals surface area contributed by atoms with Crippen molar-refractivity contribution in [2.75, 3.05) is 20.0 Å². The molecule has 39 heavy (non-hydrogen) atoms. The third kappa shape index (κ3) is 7.50. The Labute approximate surface area is 242 Å². The fraction of sp³-hybridized carbons (Fsp3) is 0.593. The number of thioether (sulfide) groups is 1. The van der Waals surface area contributed by atoms with Gasteiger partial charge in [0.05, 0.1) is 0 Å². The maximum absolute atomic E-state index is 15.3. The largest absolute Gasteiger partial charge is 0.478 e. The summed E-state index contributed by atoms with van der Waals surface area (Å²) in [5.74, 6) is -2.28. The first-order valence-corrected chi connectivity index (χ1v) is 18.1. The number of alkyl halides is 1. The van der Waals surface area contributed by atoms with Crippen LogP contribution in [0.15, 0.2) is 39.3 Å². The summed E-state index contributed by atoms with van der Waals surface area (Å²) in [6.07, 6.45) is 1.18. The molecule has 1 aliphatic carbocycles.